The van der Waals surface area contributed by atoms with Crippen LogP contribution in [0.4, 0.5) is 0 Å². The fourth-order valence-corrected chi connectivity index (χ4v) is 2.23. The number of nitriles is 1. The predicted molar refractivity (Wildman–Crippen MR) is 76.1 cm³/mol. The van der Waals surface area contributed by atoms with Crippen molar-refractivity contribution in [1.29, 1.82) is 5.26 Å². The van der Waals surface area contributed by atoms with Crippen LogP contribution in [0.15, 0.2) is 47.2 Å². The number of aromatic nitrogens is 1. The zero-order valence-electron chi connectivity index (χ0n) is 11.0. The first kappa shape index (κ1) is 13.0. The van der Waals surface area contributed by atoms with Gasteiger partial charge in [0.2, 0.25) is 0 Å². The van der Waals surface area contributed by atoms with Crippen LogP contribution < -0.4 is 11.3 Å². The maximum absolute atomic E-state index is 11.4. The fraction of sp³-hybridized carbons (Fsp3) is 0.0667. The summed E-state index contributed by atoms with van der Waals surface area (Å²) in [5, 5.41) is 10.0. The van der Waals surface area contributed by atoms with Crippen LogP contribution in [0.2, 0.25) is 0 Å². The molecule has 0 saturated carbocycles. The van der Waals surface area contributed by atoms with Gasteiger partial charge in [-0.1, -0.05) is 6.07 Å². The van der Waals surface area contributed by atoms with Gasteiger partial charge in [0.05, 0.1) is 23.7 Å². The number of hydrogen-bond donors (Lipinski definition) is 2. The van der Waals surface area contributed by atoms with Crippen molar-refractivity contribution in [2.45, 2.75) is 6.54 Å². The minimum absolute atomic E-state index is 0.377. The summed E-state index contributed by atoms with van der Waals surface area (Å²) in [5.41, 5.74) is 3.97. The average molecular weight is 280 g/mol. The van der Waals surface area contributed by atoms with Gasteiger partial charge >= 0.3 is 0 Å². The number of nitrogen functional groups attached to an aromatic ring is 1. The van der Waals surface area contributed by atoms with Crippen LogP contribution in [0.1, 0.15) is 21.7 Å². The number of amides is 1. The van der Waals surface area contributed by atoms with E-state index >= 15 is 0 Å². The Hall–Kier alpha value is -3.04. The van der Waals surface area contributed by atoms with Gasteiger partial charge in [0.25, 0.3) is 5.91 Å². The lowest BCUT2D eigenvalue weighted by atomic mass is 10.2. The number of nitrogens with one attached hydrogen (secondary N) is 1. The van der Waals surface area contributed by atoms with E-state index in [9.17, 15) is 4.79 Å². The van der Waals surface area contributed by atoms with Crippen molar-refractivity contribution in [1.82, 2.24) is 9.99 Å². The Bertz CT molecular complexity index is 854. The Morgan fingerprint density at radius 3 is 3.00 bits per heavy atom. The van der Waals surface area contributed by atoms with Gasteiger partial charge in [-0.15, -0.1) is 0 Å². The van der Waals surface area contributed by atoms with Crippen LogP contribution in [0.3, 0.4) is 0 Å². The number of carbonyl (C=O) groups is 1. The van der Waals surface area contributed by atoms with E-state index in [0.717, 1.165) is 10.9 Å². The lowest BCUT2D eigenvalue weighted by Crippen LogP contribution is -2.29. The summed E-state index contributed by atoms with van der Waals surface area (Å²) >= 11 is 0. The zero-order chi connectivity index (χ0) is 14.8. The van der Waals surface area contributed by atoms with Gasteiger partial charge in [-0.25, -0.2) is 5.84 Å². The Morgan fingerprint density at radius 2 is 2.24 bits per heavy atom. The van der Waals surface area contributed by atoms with Crippen LogP contribution in [0, 0.1) is 11.3 Å². The first-order chi connectivity index (χ1) is 10.2. The molecule has 104 valence electrons. The summed E-state index contributed by atoms with van der Waals surface area (Å²) in [7, 11) is 0. The normalized spacial score (nSPS) is 10.5. The van der Waals surface area contributed by atoms with E-state index < -0.39 is 5.91 Å². The summed E-state index contributed by atoms with van der Waals surface area (Å²) in [5.74, 6) is 5.32. The molecule has 0 atom stereocenters. The molecule has 0 fully saturated rings. The largest absolute Gasteiger partial charge is 0.467 e. The molecule has 3 rings (SSSR count). The number of nitrogens with zero attached hydrogens (tertiary/aromatic N) is 2. The highest BCUT2D eigenvalue weighted by Gasteiger charge is 2.10. The highest BCUT2D eigenvalue weighted by atomic mass is 16.3. The number of rotatable bonds is 3. The molecule has 0 aliphatic rings. The van der Waals surface area contributed by atoms with E-state index in [4.69, 9.17) is 15.5 Å². The summed E-state index contributed by atoms with van der Waals surface area (Å²) in [4.78, 5) is 11.4. The molecular weight excluding hydrogens is 268 g/mol. The topological polar surface area (TPSA) is 97.0 Å². The summed E-state index contributed by atoms with van der Waals surface area (Å²) in [6.45, 7) is 0.468. The van der Waals surface area contributed by atoms with Gasteiger partial charge in [0, 0.05) is 11.7 Å². The molecule has 1 amide bonds. The monoisotopic (exact) mass is 280 g/mol. The van der Waals surface area contributed by atoms with Crippen molar-refractivity contribution in [2.75, 3.05) is 0 Å². The Balaban J connectivity index is 1.93. The van der Waals surface area contributed by atoms with E-state index in [-0.39, 0.29) is 0 Å². The van der Waals surface area contributed by atoms with Crippen LogP contribution in [-0.4, -0.2) is 10.5 Å². The number of hydrogen-bond acceptors (Lipinski definition) is 4. The predicted octanol–water partition coefficient (Wildman–Crippen LogP) is 1.76. The van der Waals surface area contributed by atoms with Gasteiger partial charge in [0.1, 0.15) is 12.0 Å². The van der Waals surface area contributed by atoms with Crippen LogP contribution in [0.5, 0.6) is 0 Å². The van der Waals surface area contributed by atoms with Gasteiger partial charge in [0.15, 0.2) is 0 Å². The number of furan rings is 1. The maximum atomic E-state index is 11.4. The number of carbonyl (C=O) groups excluding carboxylic acids is 1. The third-order valence-electron chi connectivity index (χ3n) is 3.28. The minimum atomic E-state index is -0.394. The zero-order valence-corrected chi connectivity index (χ0v) is 11.0. The molecule has 0 aliphatic heterocycles. The van der Waals surface area contributed by atoms with Gasteiger partial charge in [-0.3, -0.25) is 10.2 Å². The molecule has 1 aromatic carbocycles. The Labute approximate surface area is 120 Å². The third-order valence-corrected chi connectivity index (χ3v) is 3.28. The summed E-state index contributed by atoms with van der Waals surface area (Å²) < 4.78 is 7.32. The quantitative estimate of drug-likeness (QED) is 0.434. The molecule has 3 aromatic rings. The smallest absolute Gasteiger partial charge is 0.268 e. The SMILES string of the molecule is N#Cc1ccc2ccn(Cc3cc(C(=O)NN)co3)c2c1. The van der Waals surface area contributed by atoms with Gasteiger partial charge < -0.3 is 8.98 Å². The minimum Gasteiger partial charge on any atom is -0.467 e. The van der Waals surface area contributed by atoms with Crippen molar-refractivity contribution >= 4 is 16.8 Å². The highest BCUT2D eigenvalue weighted by Crippen LogP contribution is 2.19. The lowest BCUT2D eigenvalue weighted by Gasteiger charge is -2.03. The van der Waals surface area contributed by atoms with E-state index in [1.807, 2.05) is 29.0 Å². The second kappa shape index (κ2) is 5.15. The lowest BCUT2D eigenvalue weighted by molar-refractivity contribution is 0.0953. The van der Waals surface area contributed by atoms with Gasteiger partial charge in [-0.2, -0.15) is 5.26 Å². The summed E-state index contributed by atoms with van der Waals surface area (Å²) in [6, 6.07) is 11.2. The number of fused-ring (bicyclic) bond motifs is 1. The van der Waals surface area contributed by atoms with Crippen LogP contribution in [-0.2, 0) is 6.54 Å². The molecule has 0 saturated heterocycles. The van der Waals surface area contributed by atoms with Crippen LogP contribution in [0.25, 0.3) is 10.9 Å². The van der Waals surface area contributed by atoms with E-state index in [1.54, 1.807) is 12.1 Å². The van der Waals surface area contributed by atoms with Crippen molar-refractivity contribution in [3.63, 3.8) is 0 Å². The molecule has 0 aliphatic carbocycles. The Morgan fingerprint density at radius 1 is 1.38 bits per heavy atom. The molecule has 6 nitrogen and oxygen atoms in total. The molecule has 21 heavy (non-hydrogen) atoms. The molecule has 0 radical (unpaired) electrons. The molecule has 0 spiro atoms. The van der Waals surface area contributed by atoms with Gasteiger partial charge in [-0.05, 0) is 29.7 Å². The van der Waals surface area contributed by atoms with E-state index in [2.05, 4.69) is 11.5 Å². The van der Waals surface area contributed by atoms with E-state index in [0.29, 0.717) is 23.4 Å². The molecule has 3 N–H and O–H groups in total. The molecule has 0 bridgehead atoms. The number of hydrazine groups is 1. The van der Waals surface area contributed by atoms with Crippen molar-refractivity contribution in [3.05, 3.63) is 59.7 Å². The fourth-order valence-electron chi connectivity index (χ4n) is 2.23. The van der Waals surface area contributed by atoms with Crippen molar-refractivity contribution in [2.24, 2.45) is 5.84 Å². The number of benzene rings is 1. The Kier molecular flexibility index (Phi) is 3.18. The molecule has 2 aromatic heterocycles. The maximum Gasteiger partial charge on any atom is 0.268 e. The van der Waals surface area contributed by atoms with Crippen molar-refractivity contribution in [3.8, 4) is 6.07 Å². The molecular formula is C15H12N4O2. The average Bonchev–Trinajstić information content (AvgIpc) is 3.14. The summed E-state index contributed by atoms with van der Waals surface area (Å²) in [6.07, 6.45) is 3.28. The molecule has 2 heterocycles. The third kappa shape index (κ3) is 2.38. The second-order valence-electron chi connectivity index (χ2n) is 4.60. The van der Waals surface area contributed by atoms with Crippen LogP contribution >= 0.6 is 0 Å². The number of nitrogens with two attached hydrogens (primary N) is 1. The molecule has 6 heteroatoms. The van der Waals surface area contributed by atoms with E-state index in [1.165, 1.54) is 6.26 Å². The highest BCUT2D eigenvalue weighted by molar-refractivity contribution is 5.93. The van der Waals surface area contributed by atoms with Crippen molar-refractivity contribution < 1.29 is 9.21 Å². The second-order valence-corrected chi connectivity index (χ2v) is 4.60. The standard InChI is InChI=1S/C15H12N4O2/c16-7-10-1-2-11-3-4-19(14(11)5-10)8-13-6-12(9-21-13)15(20)18-17/h1-6,9H,8,17H2,(H,18,20). The first-order valence-electron chi connectivity index (χ1n) is 6.28. The molecule has 0 unspecified atom stereocenters. The first-order valence-corrected chi connectivity index (χ1v) is 6.28.